The van der Waals surface area contributed by atoms with Gasteiger partial charge in [-0.15, -0.1) is 0 Å². The van der Waals surface area contributed by atoms with Crippen molar-refractivity contribution in [1.82, 2.24) is 0 Å². The summed E-state index contributed by atoms with van der Waals surface area (Å²) in [5.74, 6) is -1.25. The van der Waals surface area contributed by atoms with Gasteiger partial charge in [0.25, 0.3) is 0 Å². The highest BCUT2D eigenvalue weighted by atomic mass is 16.5. The molecule has 0 saturated carbocycles. The van der Waals surface area contributed by atoms with Gasteiger partial charge >= 0.3 is 5.97 Å². The number of nitriles is 1. The van der Waals surface area contributed by atoms with E-state index < -0.39 is 5.97 Å². The summed E-state index contributed by atoms with van der Waals surface area (Å²) >= 11 is 0. The van der Waals surface area contributed by atoms with Crippen LogP contribution in [0, 0.1) is 11.3 Å². The largest absolute Gasteiger partial charge is 0.487 e. The van der Waals surface area contributed by atoms with E-state index >= 15 is 0 Å². The minimum atomic E-state index is -1.12. The molecular formula is C11H17NO4. The van der Waals surface area contributed by atoms with E-state index in [2.05, 4.69) is 0 Å². The summed E-state index contributed by atoms with van der Waals surface area (Å²) in [7, 11) is 1.29. The molecule has 0 aromatic carbocycles. The second-order valence-corrected chi connectivity index (χ2v) is 3.14. The number of carboxylic acid groups (broad SMARTS) is 1. The van der Waals surface area contributed by atoms with Crippen LogP contribution < -0.4 is 0 Å². The summed E-state index contributed by atoms with van der Waals surface area (Å²) in [5.41, 5.74) is 0.00472. The number of hydrogen-bond acceptors (Lipinski definition) is 4. The lowest BCUT2D eigenvalue weighted by molar-refractivity contribution is -0.133. The number of methoxy groups -OCH3 is 1. The van der Waals surface area contributed by atoms with Crippen LogP contribution in [-0.4, -0.2) is 31.4 Å². The molecule has 0 rings (SSSR count). The Balaban J connectivity index is 4.22. The molecular weight excluding hydrogens is 210 g/mol. The molecule has 0 radical (unpaired) electrons. The summed E-state index contributed by atoms with van der Waals surface area (Å²) in [6, 6.07) is 1.72. The van der Waals surface area contributed by atoms with E-state index in [4.69, 9.17) is 19.8 Å². The number of rotatable bonds is 8. The molecule has 1 N–H and O–H groups in total. The van der Waals surface area contributed by atoms with Crippen molar-refractivity contribution in [3.8, 4) is 6.07 Å². The maximum absolute atomic E-state index is 10.8. The van der Waals surface area contributed by atoms with Crippen molar-refractivity contribution >= 4 is 5.97 Å². The zero-order valence-electron chi connectivity index (χ0n) is 9.65. The molecule has 0 fully saturated rings. The first kappa shape index (κ1) is 14.5. The fraction of sp³-hybridized carbons (Fsp3) is 0.636. The van der Waals surface area contributed by atoms with Crippen LogP contribution in [-0.2, 0) is 14.3 Å². The molecule has 5 heteroatoms. The Hall–Kier alpha value is -1.54. The third-order valence-corrected chi connectivity index (χ3v) is 1.90. The lowest BCUT2D eigenvalue weighted by atomic mass is 10.1. The highest BCUT2D eigenvalue weighted by Crippen LogP contribution is 2.12. The van der Waals surface area contributed by atoms with Gasteiger partial charge in [0.05, 0.1) is 12.7 Å². The number of ether oxygens (including phenoxy) is 2. The van der Waals surface area contributed by atoms with E-state index in [0.29, 0.717) is 19.6 Å². The van der Waals surface area contributed by atoms with Crippen LogP contribution >= 0.6 is 0 Å². The molecule has 0 bridgehead atoms. The molecule has 0 aromatic rings. The number of carbonyl (C=O) groups is 1. The van der Waals surface area contributed by atoms with Crippen molar-refractivity contribution in [2.75, 3.05) is 20.3 Å². The number of aliphatic carboxylic acids is 1. The van der Waals surface area contributed by atoms with Gasteiger partial charge in [0.1, 0.15) is 6.07 Å². The second-order valence-electron chi connectivity index (χ2n) is 3.14. The fourth-order valence-electron chi connectivity index (χ4n) is 1.15. The minimum Gasteiger partial charge on any atom is -0.487 e. The number of nitrogens with zero attached hydrogens (tertiary/aromatic N) is 1. The van der Waals surface area contributed by atoms with Crippen LogP contribution in [0.1, 0.15) is 26.2 Å². The topological polar surface area (TPSA) is 79.5 Å². The van der Waals surface area contributed by atoms with E-state index in [-0.39, 0.29) is 17.8 Å². The molecule has 0 unspecified atom stereocenters. The van der Waals surface area contributed by atoms with Crippen LogP contribution in [0.3, 0.4) is 0 Å². The Morgan fingerprint density at radius 2 is 2.12 bits per heavy atom. The first-order valence-electron chi connectivity index (χ1n) is 5.15. The van der Waals surface area contributed by atoms with Crippen LogP contribution in [0.5, 0.6) is 0 Å². The molecule has 0 amide bonds. The molecule has 90 valence electrons. The van der Waals surface area contributed by atoms with Crippen LogP contribution in [0.15, 0.2) is 11.3 Å². The van der Waals surface area contributed by atoms with Gasteiger partial charge in [0.15, 0.2) is 0 Å². The number of carboxylic acids is 1. The maximum Gasteiger partial charge on any atom is 0.336 e. The van der Waals surface area contributed by atoms with Crippen molar-refractivity contribution in [3.05, 3.63) is 11.3 Å². The fourth-order valence-corrected chi connectivity index (χ4v) is 1.15. The molecule has 0 aliphatic heterocycles. The van der Waals surface area contributed by atoms with Crippen molar-refractivity contribution in [3.63, 3.8) is 0 Å². The zero-order valence-corrected chi connectivity index (χ0v) is 9.65. The molecule has 16 heavy (non-hydrogen) atoms. The summed E-state index contributed by atoms with van der Waals surface area (Å²) in [4.78, 5) is 10.8. The van der Waals surface area contributed by atoms with Crippen molar-refractivity contribution < 1.29 is 19.4 Å². The van der Waals surface area contributed by atoms with Gasteiger partial charge in [-0.3, -0.25) is 0 Å². The Labute approximate surface area is 95.3 Å². The highest BCUT2D eigenvalue weighted by Gasteiger charge is 2.14. The van der Waals surface area contributed by atoms with Crippen molar-refractivity contribution in [2.24, 2.45) is 0 Å². The molecule has 5 nitrogen and oxygen atoms in total. The van der Waals surface area contributed by atoms with Gasteiger partial charge in [-0.25, -0.2) is 4.79 Å². The summed E-state index contributed by atoms with van der Waals surface area (Å²) < 4.78 is 9.92. The number of allylic oxidation sites excluding steroid dienone is 1. The van der Waals surface area contributed by atoms with Crippen molar-refractivity contribution in [2.45, 2.75) is 26.2 Å². The second kappa shape index (κ2) is 8.74. The van der Waals surface area contributed by atoms with E-state index in [1.165, 1.54) is 7.11 Å². The molecule has 0 saturated heterocycles. The van der Waals surface area contributed by atoms with Gasteiger partial charge in [-0.2, -0.15) is 5.26 Å². The van der Waals surface area contributed by atoms with Gasteiger partial charge in [0, 0.05) is 13.2 Å². The van der Waals surface area contributed by atoms with E-state index in [0.717, 1.165) is 6.42 Å². The Kier molecular flexibility index (Phi) is 7.90. The smallest absolute Gasteiger partial charge is 0.336 e. The average Bonchev–Trinajstić information content (AvgIpc) is 2.27. The Bertz CT molecular complexity index is 291. The van der Waals surface area contributed by atoms with E-state index in [1.54, 1.807) is 6.07 Å². The average molecular weight is 227 g/mol. The molecule has 0 aliphatic carbocycles. The van der Waals surface area contributed by atoms with Crippen LogP contribution in [0.25, 0.3) is 0 Å². The predicted octanol–water partition coefficient (Wildman–Crippen LogP) is 1.70. The van der Waals surface area contributed by atoms with Crippen molar-refractivity contribution in [1.29, 1.82) is 5.26 Å². The summed E-state index contributed by atoms with van der Waals surface area (Å²) in [6.45, 7) is 3.16. The van der Waals surface area contributed by atoms with E-state index in [9.17, 15) is 4.79 Å². The van der Waals surface area contributed by atoms with E-state index in [1.807, 2.05) is 6.92 Å². The first-order chi connectivity index (χ1) is 7.67. The number of hydrogen-bond donors (Lipinski definition) is 1. The SMILES string of the molecule is CCCOCCCC(C(=O)O)=C(C#N)OC. The molecule has 0 heterocycles. The van der Waals surface area contributed by atoms with Gasteiger partial charge in [-0.1, -0.05) is 6.92 Å². The zero-order chi connectivity index (χ0) is 12.4. The standard InChI is InChI=1S/C11H17NO4/c1-3-6-16-7-4-5-9(11(13)14)10(8-12)15-2/h3-7H2,1-2H3,(H,13,14). The molecule has 0 aliphatic rings. The summed E-state index contributed by atoms with van der Waals surface area (Å²) in [6.07, 6.45) is 1.77. The van der Waals surface area contributed by atoms with Crippen LogP contribution in [0.2, 0.25) is 0 Å². The molecule has 0 aromatic heterocycles. The molecule has 0 atom stereocenters. The highest BCUT2D eigenvalue weighted by molar-refractivity contribution is 5.87. The first-order valence-corrected chi connectivity index (χ1v) is 5.15. The molecule has 0 spiro atoms. The minimum absolute atomic E-state index is 0.00472. The lowest BCUT2D eigenvalue weighted by Crippen LogP contribution is -2.07. The predicted molar refractivity (Wildman–Crippen MR) is 57.6 cm³/mol. The van der Waals surface area contributed by atoms with Gasteiger partial charge in [0.2, 0.25) is 5.76 Å². The quantitative estimate of drug-likeness (QED) is 0.295. The Morgan fingerprint density at radius 3 is 2.56 bits per heavy atom. The van der Waals surface area contributed by atoms with Gasteiger partial charge < -0.3 is 14.6 Å². The van der Waals surface area contributed by atoms with Crippen LogP contribution in [0.4, 0.5) is 0 Å². The third-order valence-electron chi connectivity index (χ3n) is 1.90. The monoisotopic (exact) mass is 227 g/mol. The van der Waals surface area contributed by atoms with Gasteiger partial charge in [-0.05, 0) is 19.3 Å². The maximum atomic E-state index is 10.8. The lowest BCUT2D eigenvalue weighted by Gasteiger charge is -2.05. The third kappa shape index (κ3) is 5.37. The Morgan fingerprint density at radius 1 is 1.44 bits per heavy atom. The summed E-state index contributed by atoms with van der Waals surface area (Å²) in [5, 5.41) is 17.5. The normalized spacial score (nSPS) is 11.6.